The maximum absolute atomic E-state index is 6.96. The molecule has 0 amide bonds. The minimum atomic E-state index is -0.289. The second kappa shape index (κ2) is 12.9. The predicted octanol–water partition coefficient (Wildman–Crippen LogP) is 13.1. The molecule has 7 aromatic carbocycles. The van der Waals surface area contributed by atoms with Gasteiger partial charge in [0.05, 0.1) is 11.4 Å². The molecule has 2 aliphatic rings. The summed E-state index contributed by atoms with van der Waals surface area (Å²) in [5, 5.41) is 0. The third-order valence-corrected chi connectivity index (χ3v) is 11.6. The molecule has 5 nitrogen and oxygen atoms in total. The van der Waals surface area contributed by atoms with E-state index in [2.05, 4.69) is 136 Å². The van der Waals surface area contributed by atoms with Gasteiger partial charge in [0.2, 0.25) is 0 Å². The van der Waals surface area contributed by atoms with E-state index >= 15 is 0 Å². The summed E-state index contributed by atoms with van der Waals surface area (Å²) in [6.07, 6.45) is 0. The fourth-order valence-corrected chi connectivity index (χ4v) is 8.61. The monoisotopic (exact) mass is 724 g/mol. The molecule has 270 valence electrons. The summed E-state index contributed by atoms with van der Waals surface area (Å²) in [6, 6.07) is 59.4. The topological polar surface area (TPSA) is 51.1 Å². The van der Waals surface area contributed by atoms with E-state index in [0.717, 1.165) is 56.1 Å². The maximum atomic E-state index is 6.96. The van der Waals surface area contributed by atoms with E-state index in [1.54, 1.807) is 0 Å². The van der Waals surface area contributed by atoms with Gasteiger partial charge in [-0.2, -0.15) is 0 Å². The quantitative estimate of drug-likeness (QED) is 0.177. The van der Waals surface area contributed by atoms with Crippen LogP contribution in [0.25, 0.3) is 45.3 Å². The number of hydrogen-bond donors (Lipinski definition) is 0. The van der Waals surface area contributed by atoms with Crippen molar-refractivity contribution < 1.29 is 4.74 Å². The molecule has 0 fully saturated rings. The lowest BCUT2D eigenvalue weighted by Gasteiger charge is -2.42. The summed E-state index contributed by atoms with van der Waals surface area (Å²) >= 11 is 0. The zero-order valence-corrected chi connectivity index (χ0v) is 31.9. The standard InChI is InChI=1S/C51H40N4O/c1-50(2)39-23-13-15-25-43(39)55(44-26-16-14-24-40(44)50)36-28-30-42-46(32-36)56-45-31-35(27-29-41(45)51(42,3)4)37-21-11-12-22-38(37)49-53-47(33-17-7-5-8-18-33)52-48(54-49)34-19-9-6-10-20-34/h5-32H,1-4H3. The molecule has 0 saturated carbocycles. The van der Waals surface area contributed by atoms with E-state index in [4.69, 9.17) is 19.7 Å². The van der Waals surface area contributed by atoms with Crippen LogP contribution in [0.4, 0.5) is 17.1 Å². The lowest BCUT2D eigenvalue weighted by molar-refractivity contribution is 0.418. The number of fused-ring (bicyclic) bond motifs is 4. The fraction of sp³-hybridized carbons (Fsp3) is 0.118. The van der Waals surface area contributed by atoms with Gasteiger partial charge in [-0.3, -0.25) is 0 Å². The van der Waals surface area contributed by atoms with Crippen molar-refractivity contribution in [2.24, 2.45) is 0 Å². The van der Waals surface area contributed by atoms with E-state index < -0.39 is 0 Å². The molecule has 8 aromatic rings. The summed E-state index contributed by atoms with van der Waals surface area (Å²) in [5.74, 6) is 3.60. The number of nitrogens with zero attached hydrogens (tertiary/aromatic N) is 4. The van der Waals surface area contributed by atoms with Crippen molar-refractivity contribution in [3.8, 4) is 56.8 Å². The summed E-state index contributed by atoms with van der Waals surface area (Å²) in [7, 11) is 0. The third kappa shape index (κ3) is 5.42. The summed E-state index contributed by atoms with van der Waals surface area (Å²) < 4.78 is 6.96. The van der Waals surface area contributed by atoms with Gasteiger partial charge in [-0.05, 0) is 46.5 Å². The molecule has 0 N–H and O–H groups in total. The number of benzene rings is 7. The molecule has 0 aliphatic carbocycles. The van der Waals surface area contributed by atoms with E-state index in [0.29, 0.717) is 17.5 Å². The molecular weight excluding hydrogens is 685 g/mol. The Kier molecular flexibility index (Phi) is 7.75. The van der Waals surface area contributed by atoms with Crippen molar-refractivity contribution in [3.63, 3.8) is 0 Å². The van der Waals surface area contributed by atoms with E-state index in [9.17, 15) is 0 Å². The molecule has 0 atom stereocenters. The SMILES string of the molecule is CC1(C)c2ccc(-c3ccccc3-c3nc(-c4ccccc4)nc(-c4ccccc4)n3)cc2Oc2cc(N3c4ccccc4C(C)(C)c4ccccc43)ccc21. The molecule has 1 aromatic heterocycles. The van der Waals surface area contributed by atoms with Gasteiger partial charge in [0.1, 0.15) is 11.5 Å². The lowest BCUT2D eigenvalue weighted by atomic mass is 9.73. The number of aromatic nitrogens is 3. The smallest absolute Gasteiger partial charge is 0.164 e. The first kappa shape index (κ1) is 33.7. The zero-order chi connectivity index (χ0) is 38.0. The van der Waals surface area contributed by atoms with Gasteiger partial charge in [0.25, 0.3) is 0 Å². The summed E-state index contributed by atoms with van der Waals surface area (Å²) in [6.45, 7) is 9.21. The van der Waals surface area contributed by atoms with Crippen LogP contribution in [-0.2, 0) is 10.8 Å². The van der Waals surface area contributed by atoms with E-state index in [1.165, 1.54) is 22.5 Å². The molecule has 2 aliphatic heterocycles. The Bertz CT molecular complexity index is 2680. The van der Waals surface area contributed by atoms with Crippen LogP contribution in [0.15, 0.2) is 170 Å². The molecule has 0 radical (unpaired) electrons. The zero-order valence-electron chi connectivity index (χ0n) is 31.9. The Morgan fingerprint density at radius 1 is 0.393 bits per heavy atom. The van der Waals surface area contributed by atoms with Gasteiger partial charge in [-0.15, -0.1) is 0 Å². The molecule has 56 heavy (non-hydrogen) atoms. The molecule has 0 spiro atoms. The maximum Gasteiger partial charge on any atom is 0.164 e. The van der Waals surface area contributed by atoms with Crippen molar-refractivity contribution in [1.29, 1.82) is 0 Å². The van der Waals surface area contributed by atoms with E-state index in [-0.39, 0.29) is 10.8 Å². The average Bonchev–Trinajstić information content (AvgIpc) is 3.24. The van der Waals surface area contributed by atoms with Gasteiger partial charge < -0.3 is 9.64 Å². The number of hydrogen-bond acceptors (Lipinski definition) is 5. The van der Waals surface area contributed by atoms with Gasteiger partial charge in [-0.1, -0.05) is 167 Å². The molecule has 10 rings (SSSR count). The second-order valence-corrected chi connectivity index (χ2v) is 15.7. The van der Waals surface area contributed by atoms with Crippen LogP contribution in [0.3, 0.4) is 0 Å². The number of para-hydroxylation sites is 2. The largest absolute Gasteiger partial charge is 0.457 e. The van der Waals surface area contributed by atoms with Crippen LogP contribution < -0.4 is 9.64 Å². The minimum Gasteiger partial charge on any atom is -0.457 e. The first-order valence-corrected chi connectivity index (χ1v) is 19.2. The van der Waals surface area contributed by atoms with Gasteiger partial charge in [0.15, 0.2) is 17.5 Å². The van der Waals surface area contributed by atoms with Crippen molar-refractivity contribution in [1.82, 2.24) is 15.0 Å². The van der Waals surface area contributed by atoms with Crippen molar-refractivity contribution in [2.75, 3.05) is 4.90 Å². The van der Waals surface area contributed by atoms with Gasteiger partial charge in [-0.25, -0.2) is 15.0 Å². The molecule has 0 saturated heterocycles. The van der Waals surface area contributed by atoms with Crippen molar-refractivity contribution in [2.45, 2.75) is 38.5 Å². The fourth-order valence-electron chi connectivity index (χ4n) is 8.61. The normalized spacial score (nSPS) is 14.5. The van der Waals surface area contributed by atoms with Gasteiger partial charge in [0, 0.05) is 50.4 Å². The van der Waals surface area contributed by atoms with Crippen molar-refractivity contribution in [3.05, 3.63) is 192 Å². The minimum absolute atomic E-state index is 0.129. The Balaban J connectivity index is 1.07. The van der Waals surface area contributed by atoms with E-state index in [1.807, 2.05) is 66.7 Å². The highest BCUT2D eigenvalue weighted by atomic mass is 16.5. The highest BCUT2D eigenvalue weighted by Crippen LogP contribution is 2.54. The highest BCUT2D eigenvalue weighted by Gasteiger charge is 2.38. The molecule has 0 bridgehead atoms. The molecule has 5 heteroatoms. The van der Waals surface area contributed by atoms with Crippen molar-refractivity contribution >= 4 is 17.1 Å². The highest BCUT2D eigenvalue weighted by molar-refractivity contribution is 5.87. The first-order chi connectivity index (χ1) is 27.3. The van der Waals surface area contributed by atoms with Crippen LogP contribution >= 0.6 is 0 Å². The van der Waals surface area contributed by atoms with Crippen LogP contribution in [-0.4, -0.2) is 15.0 Å². The molecule has 3 heterocycles. The number of anilines is 3. The number of rotatable bonds is 5. The summed E-state index contributed by atoms with van der Waals surface area (Å²) in [5.41, 5.74) is 12.8. The first-order valence-electron chi connectivity index (χ1n) is 19.2. The second-order valence-electron chi connectivity index (χ2n) is 15.7. The lowest BCUT2D eigenvalue weighted by Crippen LogP contribution is -2.30. The Morgan fingerprint density at radius 3 is 1.46 bits per heavy atom. The van der Waals surface area contributed by atoms with Gasteiger partial charge >= 0.3 is 0 Å². The van der Waals surface area contributed by atoms with Crippen LogP contribution in [0.2, 0.25) is 0 Å². The Hall–Kier alpha value is -6.85. The Morgan fingerprint density at radius 2 is 0.857 bits per heavy atom. The third-order valence-electron chi connectivity index (χ3n) is 11.6. The molecular formula is C51H40N4O. The van der Waals surface area contributed by atoms with Crippen LogP contribution in [0, 0.1) is 0 Å². The van der Waals surface area contributed by atoms with Crippen LogP contribution in [0.5, 0.6) is 11.5 Å². The van der Waals surface area contributed by atoms with Crippen LogP contribution in [0.1, 0.15) is 49.9 Å². The average molecular weight is 725 g/mol. The Labute approximate surface area is 328 Å². The number of ether oxygens (including phenoxy) is 1. The predicted molar refractivity (Wildman–Crippen MR) is 227 cm³/mol. The summed E-state index contributed by atoms with van der Waals surface area (Å²) in [4.78, 5) is 17.4. The molecule has 0 unspecified atom stereocenters.